The van der Waals surface area contributed by atoms with Crippen LogP contribution >= 0.6 is 0 Å². The van der Waals surface area contributed by atoms with Gasteiger partial charge in [-0.3, -0.25) is 15.0 Å². The lowest BCUT2D eigenvalue weighted by Gasteiger charge is -2.23. The first kappa shape index (κ1) is 26.0. The Labute approximate surface area is 192 Å². The third kappa shape index (κ3) is 6.89. The van der Waals surface area contributed by atoms with E-state index in [1.807, 2.05) is 0 Å². The number of rotatable bonds is 7. The minimum atomic E-state index is -4.72. The molecular formula is C22H20F3N3O6. The Morgan fingerprint density at radius 2 is 1.71 bits per heavy atom. The maximum absolute atomic E-state index is 13.0. The normalized spacial score (nSPS) is 12.2. The van der Waals surface area contributed by atoms with Gasteiger partial charge in [-0.05, 0) is 49.8 Å². The largest absolute Gasteiger partial charge is 0.465 e. The molecule has 0 bridgehead atoms. The van der Waals surface area contributed by atoms with Gasteiger partial charge in [-0.1, -0.05) is 12.1 Å². The molecule has 1 amide bonds. The van der Waals surface area contributed by atoms with Crippen LogP contribution < -0.4 is 4.74 Å². The number of aliphatic imine (C=N–C) groups is 1. The van der Waals surface area contributed by atoms with Gasteiger partial charge in [-0.15, -0.1) is 0 Å². The Kier molecular flexibility index (Phi) is 8.48. The fourth-order valence-corrected chi connectivity index (χ4v) is 2.59. The number of nitrogens with zero attached hydrogens (tertiary/aromatic N) is 3. The van der Waals surface area contributed by atoms with Gasteiger partial charge in [0.2, 0.25) is 0 Å². The van der Waals surface area contributed by atoms with E-state index in [9.17, 15) is 32.9 Å². The summed E-state index contributed by atoms with van der Waals surface area (Å²) < 4.78 is 49.0. The van der Waals surface area contributed by atoms with Crippen molar-refractivity contribution in [1.82, 2.24) is 4.90 Å². The number of nitro groups is 1. The van der Waals surface area contributed by atoms with Crippen LogP contribution in [0.5, 0.6) is 5.75 Å². The lowest BCUT2D eigenvalue weighted by molar-refractivity contribution is -0.384. The fraction of sp³-hybridized carbons (Fsp3) is 0.227. The zero-order chi connectivity index (χ0) is 25.5. The highest BCUT2D eigenvalue weighted by molar-refractivity contribution is 5.89. The first-order valence-electron chi connectivity index (χ1n) is 9.66. The van der Waals surface area contributed by atoms with Crippen molar-refractivity contribution in [2.75, 3.05) is 7.11 Å². The molecule has 2 aromatic carbocycles. The first-order chi connectivity index (χ1) is 16.0. The molecule has 0 saturated carbocycles. The molecule has 2 aromatic rings. The number of nitro benzene ring substituents is 1. The number of carbonyl (C=O) groups excluding carboxylic acids is 2. The summed E-state index contributed by atoms with van der Waals surface area (Å²) in [4.78, 5) is 39.1. The van der Waals surface area contributed by atoms with Crippen LogP contribution in [0.2, 0.25) is 0 Å². The maximum Gasteiger partial charge on any atom is 0.429 e. The minimum Gasteiger partial charge on any atom is -0.465 e. The zero-order valence-electron chi connectivity index (χ0n) is 18.3. The molecule has 0 N–H and O–H groups in total. The van der Waals surface area contributed by atoms with Crippen molar-refractivity contribution in [3.63, 3.8) is 0 Å². The van der Waals surface area contributed by atoms with Crippen LogP contribution in [0.4, 0.5) is 23.7 Å². The summed E-state index contributed by atoms with van der Waals surface area (Å²) in [6.45, 7) is 1.91. The van der Waals surface area contributed by atoms with Gasteiger partial charge in [0.05, 0.1) is 24.1 Å². The Morgan fingerprint density at radius 3 is 2.18 bits per heavy atom. The molecule has 0 aliphatic heterocycles. The van der Waals surface area contributed by atoms with Crippen LogP contribution in [-0.2, 0) is 11.3 Å². The molecule has 9 nitrogen and oxygen atoms in total. The second kappa shape index (κ2) is 11.1. The number of ether oxygens (including phenoxy) is 2. The summed E-state index contributed by atoms with van der Waals surface area (Å²) in [7, 11) is 1.21. The van der Waals surface area contributed by atoms with Crippen LogP contribution in [-0.4, -0.2) is 40.9 Å². The molecule has 0 aromatic heterocycles. The molecule has 34 heavy (non-hydrogen) atoms. The Bertz CT molecular complexity index is 1110. The number of benzene rings is 2. The van der Waals surface area contributed by atoms with Crippen LogP contribution in [0.3, 0.4) is 0 Å². The van der Waals surface area contributed by atoms with Crippen molar-refractivity contribution < 1.29 is 37.2 Å². The highest BCUT2D eigenvalue weighted by Gasteiger charge is 2.33. The van der Waals surface area contributed by atoms with Gasteiger partial charge < -0.3 is 9.47 Å². The summed E-state index contributed by atoms with van der Waals surface area (Å²) in [5, 5.41) is 10.8. The lowest BCUT2D eigenvalue weighted by atomic mass is 10.1. The highest BCUT2D eigenvalue weighted by atomic mass is 19.4. The molecule has 0 radical (unpaired) electrons. The minimum absolute atomic E-state index is 0.0615. The number of esters is 1. The van der Waals surface area contributed by atoms with Crippen LogP contribution in [0.1, 0.15) is 29.8 Å². The van der Waals surface area contributed by atoms with E-state index in [2.05, 4.69) is 9.73 Å². The van der Waals surface area contributed by atoms with Gasteiger partial charge in [0.15, 0.2) is 0 Å². The van der Waals surface area contributed by atoms with E-state index in [1.54, 1.807) is 0 Å². The van der Waals surface area contributed by atoms with Gasteiger partial charge in [0, 0.05) is 12.1 Å². The molecule has 0 saturated heterocycles. The zero-order valence-corrected chi connectivity index (χ0v) is 18.3. The number of amides is 1. The van der Waals surface area contributed by atoms with Crippen molar-refractivity contribution in [1.29, 1.82) is 0 Å². The molecule has 0 aliphatic rings. The number of allylic oxidation sites excluding steroid dienone is 1. The predicted molar refractivity (Wildman–Crippen MR) is 115 cm³/mol. The van der Waals surface area contributed by atoms with E-state index in [1.165, 1.54) is 56.5 Å². The van der Waals surface area contributed by atoms with Crippen molar-refractivity contribution in [3.05, 3.63) is 81.7 Å². The molecule has 0 heterocycles. The van der Waals surface area contributed by atoms with E-state index < -0.39 is 28.9 Å². The van der Waals surface area contributed by atoms with Gasteiger partial charge in [0.1, 0.15) is 17.3 Å². The second-order valence-electron chi connectivity index (χ2n) is 6.74. The van der Waals surface area contributed by atoms with Crippen molar-refractivity contribution >= 4 is 23.5 Å². The first-order valence-corrected chi connectivity index (χ1v) is 9.66. The Balaban J connectivity index is 2.38. The van der Waals surface area contributed by atoms with Gasteiger partial charge in [-0.2, -0.15) is 13.2 Å². The van der Waals surface area contributed by atoms with Gasteiger partial charge in [-0.25, -0.2) is 14.6 Å². The second-order valence-corrected chi connectivity index (χ2v) is 6.74. The number of alkyl halides is 3. The molecule has 0 fully saturated rings. The number of hydrogen-bond donors (Lipinski definition) is 0. The molecule has 0 spiro atoms. The number of carbonyl (C=O) groups is 2. The third-order valence-electron chi connectivity index (χ3n) is 4.42. The number of methoxy groups -OCH3 is 1. The van der Waals surface area contributed by atoms with E-state index in [0.717, 1.165) is 24.0 Å². The Hall–Kier alpha value is -4.22. The summed E-state index contributed by atoms with van der Waals surface area (Å²) in [6, 6.07) is 10.4. The molecule has 0 aliphatic carbocycles. The summed E-state index contributed by atoms with van der Waals surface area (Å²) in [5.41, 5.74) is -0.729. The number of non-ortho nitro benzene ring substituents is 1. The molecule has 2 rings (SSSR count). The van der Waals surface area contributed by atoms with Crippen LogP contribution in [0.25, 0.3) is 0 Å². The van der Waals surface area contributed by atoms with Crippen LogP contribution in [0.15, 0.2) is 65.4 Å². The average Bonchev–Trinajstić information content (AvgIpc) is 2.80. The van der Waals surface area contributed by atoms with Crippen molar-refractivity contribution in [2.45, 2.75) is 26.6 Å². The lowest BCUT2D eigenvalue weighted by Crippen LogP contribution is -2.33. The molecule has 180 valence electrons. The highest BCUT2D eigenvalue weighted by Crippen LogP contribution is 2.23. The summed E-state index contributed by atoms with van der Waals surface area (Å²) >= 11 is 0. The fourth-order valence-electron chi connectivity index (χ4n) is 2.59. The molecule has 0 atom stereocenters. The molecule has 0 unspecified atom stereocenters. The van der Waals surface area contributed by atoms with Crippen molar-refractivity contribution in [2.24, 2.45) is 4.99 Å². The quantitative estimate of drug-likeness (QED) is 0.232. The maximum atomic E-state index is 13.0. The number of hydrogen-bond acceptors (Lipinski definition) is 7. The SMILES string of the molecule is C/C=C(\N=C(C)C(F)(F)F)N(Cc1ccc(C(=O)OC)cc1)C(=O)Oc1ccc([N+](=O)[O-])cc1. The van der Waals surface area contributed by atoms with E-state index in [-0.39, 0.29) is 29.4 Å². The van der Waals surface area contributed by atoms with E-state index >= 15 is 0 Å². The van der Waals surface area contributed by atoms with E-state index in [0.29, 0.717) is 5.56 Å². The number of halogens is 3. The molecular weight excluding hydrogens is 459 g/mol. The summed E-state index contributed by atoms with van der Waals surface area (Å²) in [6.07, 6.45) is -4.59. The van der Waals surface area contributed by atoms with Gasteiger partial charge >= 0.3 is 18.2 Å². The smallest absolute Gasteiger partial charge is 0.429 e. The van der Waals surface area contributed by atoms with Crippen LogP contribution in [0, 0.1) is 10.1 Å². The third-order valence-corrected chi connectivity index (χ3v) is 4.42. The van der Waals surface area contributed by atoms with Crippen molar-refractivity contribution in [3.8, 4) is 5.75 Å². The Morgan fingerprint density at radius 1 is 1.12 bits per heavy atom. The van der Waals surface area contributed by atoms with E-state index in [4.69, 9.17) is 4.74 Å². The summed E-state index contributed by atoms with van der Waals surface area (Å²) in [5.74, 6) is -0.979. The predicted octanol–water partition coefficient (Wildman–Crippen LogP) is 5.27. The molecule has 12 heteroatoms. The average molecular weight is 479 g/mol. The topological polar surface area (TPSA) is 111 Å². The monoisotopic (exact) mass is 479 g/mol. The van der Waals surface area contributed by atoms with Gasteiger partial charge in [0.25, 0.3) is 5.69 Å². The standard InChI is InChI=1S/C22H20F3N3O6/c1-4-19(26-14(2)22(23,24)25)27(13-15-5-7-16(8-6-15)20(29)33-3)21(30)34-18-11-9-17(10-12-18)28(31)32/h4-12H,13H2,1-3H3/b19-4+,26-14?.